The molecule has 0 amide bonds. The minimum atomic E-state index is -5.12. The molecule has 1 saturated carbocycles. The molecule has 0 bridgehead atoms. The lowest BCUT2D eigenvalue weighted by atomic mass is 9.85. The molecule has 0 saturated heterocycles. The fourth-order valence-corrected chi connectivity index (χ4v) is 7.49. The summed E-state index contributed by atoms with van der Waals surface area (Å²) in [5.74, 6) is -1.17. The second kappa shape index (κ2) is 33.2. The molecule has 0 heterocycles. The van der Waals surface area contributed by atoms with Gasteiger partial charge >= 0.3 is 19.8 Å². The van der Waals surface area contributed by atoms with E-state index in [0.717, 1.165) is 32.1 Å². The van der Waals surface area contributed by atoms with Gasteiger partial charge in [-0.05, 0) is 32.1 Å². The SMILES string of the molecule is CCCCCCCC/C=C/C/C=C/CCC(=O)OC(COC(=O)CCCCCCCCCCCCCCCC)COP(=O)(O)OC1C(O)C(O)C(O)[C@H](O)C1O. The maximum absolute atomic E-state index is 12.8. The Morgan fingerprint density at radius 3 is 1.52 bits per heavy atom. The molecule has 0 aromatic carbocycles. The third-order valence-corrected chi connectivity index (χ3v) is 11.0. The molecule has 1 aliphatic rings. The number of hydrogen-bond acceptors (Lipinski definition) is 12. The van der Waals surface area contributed by atoms with Gasteiger partial charge in [-0.1, -0.05) is 154 Å². The number of aliphatic hydroxyl groups excluding tert-OH is 5. The Kier molecular flexibility index (Phi) is 31.0. The number of carbonyl (C=O) groups excluding carboxylic acids is 2. The predicted octanol–water partition coefficient (Wildman–Crippen LogP) is 7.67. The Morgan fingerprint density at radius 1 is 0.554 bits per heavy atom. The zero-order valence-electron chi connectivity index (χ0n) is 34.4. The van der Waals surface area contributed by atoms with Crippen LogP contribution < -0.4 is 0 Å². The highest BCUT2D eigenvalue weighted by atomic mass is 31.2. The molecule has 0 aromatic heterocycles. The van der Waals surface area contributed by atoms with E-state index in [0.29, 0.717) is 12.8 Å². The molecule has 328 valence electrons. The lowest BCUT2D eigenvalue weighted by molar-refractivity contribution is -0.220. The van der Waals surface area contributed by atoms with E-state index in [-0.39, 0.29) is 12.8 Å². The first-order valence-electron chi connectivity index (χ1n) is 21.6. The second-order valence-electron chi connectivity index (χ2n) is 15.2. The van der Waals surface area contributed by atoms with E-state index in [1.54, 1.807) is 0 Å². The Hall–Kier alpha value is -1.67. The molecule has 56 heavy (non-hydrogen) atoms. The number of unbranched alkanes of at least 4 members (excludes halogenated alkanes) is 19. The number of phosphoric acid groups is 1. The number of hydrogen-bond donors (Lipinski definition) is 6. The Bertz CT molecular complexity index is 1090. The fourth-order valence-electron chi connectivity index (χ4n) is 6.52. The zero-order valence-corrected chi connectivity index (χ0v) is 35.3. The normalized spacial score (nSPS) is 23.1. The molecule has 0 aliphatic heterocycles. The molecule has 1 rings (SSSR count). The lowest BCUT2D eigenvalue weighted by Crippen LogP contribution is -2.64. The van der Waals surface area contributed by atoms with E-state index < -0.39 is 75.7 Å². The molecule has 0 radical (unpaired) electrons. The summed E-state index contributed by atoms with van der Waals surface area (Å²) in [6.07, 6.45) is 21.2. The van der Waals surface area contributed by atoms with Crippen molar-refractivity contribution in [1.82, 2.24) is 0 Å². The van der Waals surface area contributed by atoms with Crippen LogP contribution in [0.5, 0.6) is 0 Å². The largest absolute Gasteiger partial charge is 0.472 e. The van der Waals surface area contributed by atoms with Gasteiger partial charge in [-0.2, -0.15) is 0 Å². The smallest absolute Gasteiger partial charge is 0.462 e. The summed E-state index contributed by atoms with van der Waals surface area (Å²) in [4.78, 5) is 35.5. The van der Waals surface area contributed by atoms with E-state index in [1.807, 2.05) is 12.2 Å². The van der Waals surface area contributed by atoms with Crippen LogP contribution in [0.2, 0.25) is 0 Å². The third-order valence-electron chi connectivity index (χ3n) is 10.1. The van der Waals surface area contributed by atoms with Crippen LogP contribution in [0, 0.1) is 0 Å². The standard InChI is InChI=1S/C42H77O13P/c1-3-5-7-9-11-13-15-17-19-20-22-24-26-28-30-35(43)52-32-34(33-53-56(50,51)55-42-40(48)38(46)37(45)39(47)41(42)49)54-36(44)31-29-27-25-23-21-18-16-14-12-10-8-6-4-2/h18,21,25,27,34,37-42,45-49H,3-17,19-20,22-24,26,28-33H2,1-2H3,(H,50,51)/b21-18+,27-25+/t34?,37?,38-,39?,40?,41?,42?/m0/s1. The molecule has 0 spiro atoms. The minimum Gasteiger partial charge on any atom is -0.462 e. The number of allylic oxidation sites excluding steroid dienone is 4. The van der Waals surface area contributed by atoms with Crippen molar-refractivity contribution in [3.05, 3.63) is 24.3 Å². The summed E-state index contributed by atoms with van der Waals surface area (Å²) in [5, 5.41) is 50.0. The van der Waals surface area contributed by atoms with Gasteiger partial charge in [-0.15, -0.1) is 0 Å². The van der Waals surface area contributed by atoms with Gasteiger partial charge in [-0.25, -0.2) is 4.57 Å². The summed E-state index contributed by atoms with van der Waals surface area (Å²) in [5.41, 5.74) is 0. The van der Waals surface area contributed by atoms with Crippen LogP contribution in [0.25, 0.3) is 0 Å². The Morgan fingerprint density at radius 2 is 1.00 bits per heavy atom. The molecule has 0 aromatic rings. The third kappa shape index (κ3) is 25.6. The van der Waals surface area contributed by atoms with Crippen LogP contribution in [0.4, 0.5) is 0 Å². The van der Waals surface area contributed by atoms with E-state index in [1.165, 1.54) is 103 Å². The second-order valence-corrected chi connectivity index (χ2v) is 16.6. The summed E-state index contributed by atoms with van der Waals surface area (Å²) >= 11 is 0. The molecular weight excluding hydrogens is 743 g/mol. The van der Waals surface area contributed by atoms with Crippen molar-refractivity contribution in [2.24, 2.45) is 0 Å². The van der Waals surface area contributed by atoms with Gasteiger partial charge < -0.3 is 39.9 Å². The van der Waals surface area contributed by atoms with Gasteiger partial charge in [0.05, 0.1) is 6.61 Å². The van der Waals surface area contributed by atoms with Crippen molar-refractivity contribution in [3.63, 3.8) is 0 Å². The average molecular weight is 821 g/mol. The van der Waals surface area contributed by atoms with Crippen molar-refractivity contribution in [1.29, 1.82) is 0 Å². The quantitative estimate of drug-likeness (QED) is 0.0157. The zero-order chi connectivity index (χ0) is 41.4. The number of aliphatic hydroxyl groups is 5. The molecular formula is C42H77O13P. The van der Waals surface area contributed by atoms with Crippen molar-refractivity contribution in [3.8, 4) is 0 Å². The van der Waals surface area contributed by atoms with Gasteiger partial charge in [0.2, 0.25) is 0 Å². The fraction of sp³-hybridized carbons (Fsp3) is 0.857. The van der Waals surface area contributed by atoms with Gasteiger partial charge in [0, 0.05) is 12.8 Å². The van der Waals surface area contributed by atoms with Crippen molar-refractivity contribution >= 4 is 19.8 Å². The number of esters is 2. The van der Waals surface area contributed by atoms with E-state index in [9.17, 15) is 44.6 Å². The van der Waals surface area contributed by atoms with Gasteiger partial charge in [0.15, 0.2) is 6.10 Å². The average Bonchev–Trinajstić information content (AvgIpc) is 3.18. The summed E-state index contributed by atoms with van der Waals surface area (Å²) in [6, 6.07) is 0. The summed E-state index contributed by atoms with van der Waals surface area (Å²) in [6.45, 7) is 3.23. The Labute approximate surface area is 336 Å². The molecule has 8 atom stereocenters. The number of rotatable bonds is 35. The minimum absolute atomic E-state index is 0.00663. The Balaban J connectivity index is 2.52. The number of phosphoric ester groups is 1. The van der Waals surface area contributed by atoms with E-state index in [4.69, 9.17) is 18.5 Å². The molecule has 1 fully saturated rings. The lowest BCUT2D eigenvalue weighted by Gasteiger charge is -2.41. The topological polar surface area (TPSA) is 210 Å². The van der Waals surface area contributed by atoms with Crippen LogP contribution >= 0.6 is 7.82 Å². The molecule has 7 unspecified atom stereocenters. The molecule has 1 aliphatic carbocycles. The van der Waals surface area contributed by atoms with Crippen molar-refractivity contribution in [2.75, 3.05) is 13.2 Å². The van der Waals surface area contributed by atoms with Crippen LogP contribution in [-0.2, 0) is 32.7 Å². The monoisotopic (exact) mass is 821 g/mol. The number of ether oxygens (including phenoxy) is 2. The van der Waals surface area contributed by atoms with E-state index >= 15 is 0 Å². The summed E-state index contributed by atoms with van der Waals surface area (Å²) in [7, 11) is -5.12. The molecule has 6 N–H and O–H groups in total. The van der Waals surface area contributed by atoms with Gasteiger partial charge in [0.1, 0.15) is 43.2 Å². The van der Waals surface area contributed by atoms with Crippen LogP contribution in [0.3, 0.4) is 0 Å². The maximum atomic E-state index is 12.8. The highest BCUT2D eigenvalue weighted by molar-refractivity contribution is 7.47. The van der Waals surface area contributed by atoms with Crippen molar-refractivity contribution in [2.45, 2.75) is 217 Å². The predicted molar refractivity (Wildman–Crippen MR) is 217 cm³/mol. The van der Waals surface area contributed by atoms with Gasteiger partial charge in [0.25, 0.3) is 0 Å². The molecule has 13 nitrogen and oxygen atoms in total. The maximum Gasteiger partial charge on any atom is 0.472 e. The molecule has 14 heteroatoms. The van der Waals surface area contributed by atoms with Crippen LogP contribution in [0.15, 0.2) is 24.3 Å². The van der Waals surface area contributed by atoms with Gasteiger partial charge in [-0.3, -0.25) is 18.6 Å². The highest BCUT2D eigenvalue weighted by Gasteiger charge is 2.51. The van der Waals surface area contributed by atoms with Crippen LogP contribution in [-0.4, -0.2) is 98.3 Å². The first-order valence-corrected chi connectivity index (χ1v) is 23.1. The first kappa shape index (κ1) is 52.3. The first-order chi connectivity index (χ1) is 26.9. The number of carbonyl (C=O) groups is 2. The van der Waals surface area contributed by atoms with Crippen molar-refractivity contribution < 1.29 is 63.1 Å². The van der Waals surface area contributed by atoms with Crippen LogP contribution in [0.1, 0.15) is 174 Å². The summed E-state index contributed by atoms with van der Waals surface area (Å²) < 4.78 is 33.3. The highest BCUT2D eigenvalue weighted by Crippen LogP contribution is 2.47. The van der Waals surface area contributed by atoms with E-state index in [2.05, 4.69) is 26.0 Å².